The van der Waals surface area contributed by atoms with Crippen LogP contribution in [0.1, 0.15) is 0 Å². The molecule has 0 aliphatic heterocycles. The van der Waals surface area contributed by atoms with Gasteiger partial charge in [-0.05, 0) is 71.1 Å². The van der Waals surface area contributed by atoms with E-state index in [2.05, 4.69) is 144 Å². The van der Waals surface area contributed by atoms with Gasteiger partial charge in [-0.25, -0.2) is 15.0 Å². The number of nitrogens with zero attached hydrogens (tertiary/aromatic N) is 4. The Balaban J connectivity index is 1.07. The number of benzene rings is 8. The van der Waals surface area contributed by atoms with E-state index in [0.29, 0.717) is 17.5 Å². The van der Waals surface area contributed by atoms with Gasteiger partial charge < -0.3 is 8.98 Å². The fourth-order valence-electron chi connectivity index (χ4n) is 7.94. The van der Waals surface area contributed by atoms with E-state index in [0.717, 1.165) is 82.6 Å². The van der Waals surface area contributed by atoms with Gasteiger partial charge in [0.15, 0.2) is 17.5 Å². The summed E-state index contributed by atoms with van der Waals surface area (Å²) in [5.41, 5.74) is 10.2. The van der Waals surface area contributed by atoms with Gasteiger partial charge in [0.1, 0.15) is 11.2 Å². The lowest BCUT2D eigenvalue weighted by atomic mass is 9.95. The minimum atomic E-state index is 0.618. The highest BCUT2D eigenvalue weighted by Crippen LogP contribution is 2.39. The Labute approximate surface area is 310 Å². The summed E-state index contributed by atoms with van der Waals surface area (Å²) in [6.07, 6.45) is 0. The number of aromatic nitrogens is 4. The van der Waals surface area contributed by atoms with Crippen molar-refractivity contribution in [1.82, 2.24) is 19.5 Å². The van der Waals surface area contributed by atoms with E-state index in [1.165, 1.54) is 5.39 Å². The number of hydrogen-bond acceptors (Lipinski definition) is 4. The highest BCUT2D eigenvalue weighted by atomic mass is 16.3. The Morgan fingerprint density at radius 2 is 0.926 bits per heavy atom. The third-order valence-electron chi connectivity index (χ3n) is 10.4. The van der Waals surface area contributed by atoms with Gasteiger partial charge in [-0.2, -0.15) is 0 Å². The molecule has 0 fully saturated rings. The van der Waals surface area contributed by atoms with Gasteiger partial charge >= 0.3 is 0 Å². The van der Waals surface area contributed by atoms with Crippen LogP contribution in [0.25, 0.3) is 105 Å². The van der Waals surface area contributed by atoms with Gasteiger partial charge in [0.25, 0.3) is 0 Å². The Morgan fingerprint density at radius 3 is 1.76 bits per heavy atom. The highest BCUT2D eigenvalue weighted by Gasteiger charge is 2.18. The average Bonchev–Trinajstić information content (AvgIpc) is 3.80. The molecule has 0 N–H and O–H groups in total. The van der Waals surface area contributed by atoms with Crippen LogP contribution in [0.5, 0.6) is 0 Å². The molecule has 0 radical (unpaired) electrons. The van der Waals surface area contributed by atoms with Crippen LogP contribution in [0.4, 0.5) is 0 Å². The first-order valence-electron chi connectivity index (χ1n) is 18.1. The summed E-state index contributed by atoms with van der Waals surface area (Å²) >= 11 is 0. The van der Waals surface area contributed by atoms with Crippen LogP contribution in [0.2, 0.25) is 0 Å². The number of rotatable bonds is 5. The molecule has 3 aromatic heterocycles. The molecule has 11 rings (SSSR count). The maximum atomic E-state index is 6.41. The van der Waals surface area contributed by atoms with Crippen LogP contribution >= 0.6 is 0 Å². The van der Waals surface area contributed by atoms with Gasteiger partial charge in [-0.15, -0.1) is 0 Å². The molecule has 252 valence electrons. The zero-order chi connectivity index (χ0) is 35.6. The Morgan fingerprint density at radius 1 is 0.352 bits per heavy atom. The molecule has 0 unspecified atom stereocenters. The molecule has 5 heteroatoms. The molecule has 8 aromatic carbocycles. The molecule has 0 saturated carbocycles. The molecule has 0 atom stereocenters. The largest absolute Gasteiger partial charge is 0.455 e. The van der Waals surface area contributed by atoms with E-state index in [1.54, 1.807) is 0 Å². The third-order valence-corrected chi connectivity index (χ3v) is 10.4. The summed E-state index contributed by atoms with van der Waals surface area (Å²) in [5, 5.41) is 6.79. The average molecular weight is 691 g/mol. The predicted octanol–water partition coefficient (Wildman–Crippen LogP) is 12.7. The number of hydrogen-bond donors (Lipinski definition) is 0. The minimum absolute atomic E-state index is 0.618. The summed E-state index contributed by atoms with van der Waals surface area (Å²) < 4.78 is 8.73. The quantitative estimate of drug-likeness (QED) is 0.180. The number of furan rings is 1. The maximum Gasteiger partial charge on any atom is 0.164 e. The van der Waals surface area contributed by atoms with Crippen LogP contribution in [0, 0.1) is 0 Å². The Bertz CT molecular complexity index is 3220. The topological polar surface area (TPSA) is 56.7 Å². The lowest BCUT2D eigenvalue weighted by Crippen LogP contribution is -2.00. The molecule has 0 amide bonds. The molecule has 0 saturated heterocycles. The lowest BCUT2D eigenvalue weighted by Gasteiger charge is -2.11. The summed E-state index contributed by atoms with van der Waals surface area (Å²) in [6, 6.07) is 63.3. The first-order chi connectivity index (χ1) is 26.8. The first kappa shape index (κ1) is 30.3. The van der Waals surface area contributed by atoms with Gasteiger partial charge in [0, 0.05) is 49.3 Å². The molecule has 0 aliphatic rings. The zero-order valence-electron chi connectivity index (χ0n) is 29.0. The van der Waals surface area contributed by atoms with Crippen molar-refractivity contribution < 1.29 is 4.42 Å². The van der Waals surface area contributed by atoms with Gasteiger partial charge in [-0.3, -0.25) is 0 Å². The van der Waals surface area contributed by atoms with Crippen molar-refractivity contribution in [2.45, 2.75) is 0 Å². The molecule has 54 heavy (non-hydrogen) atoms. The molecule has 0 bridgehead atoms. The van der Waals surface area contributed by atoms with Gasteiger partial charge in [0.2, 0.25) is 0 Å². The molecular formula is C49H30N4O. The van der Waals surface area contributed by atoms with Crippen LogP contribution in [0.15, 0.2) is 186 Å². The van der Waals surface area contributed by atoms with Crippen molar-refractivity contribution in [3.05, 3.63) is 182 Å². The molecule has 0 spiro atoms. The summed E-state index contributed by atoms with van der Waals surface area (Å²) in [4.78, 5) is 15.3. The molecule has 5 nitrogen and oxygen atoms in total. The van der Waals surface area contributed by atoms with E-state index in [4.69, 9.17) is 19.4 Å². The van der Waals surface area contributed by atoms with Crippen LogP contribution in [-0.2, 0) is 0 Å². The minimum Gasteiger partial charge on any atom is -0.455 e. The van der Waals surface area contributed by atoms with Crippen molar-refractivity contribution in [1.29, 1.82) is 0 Å². The van der Waals surface area contributed by atoms with E-state index in [1.807, 2.05) is 42.5 Å². The predicted molar refractivity (Wildman–Crippen MR) is 221 cm³/mol. The molecular weight excluding hydrogens is 661 g/mol. The zero-order valence-corrected chi connectivity index (χ0v) is 29.0. The maximum absolute atomic E-state index is 6.41. The number of fused-ring (bicyclic) bond motifs is 8. The normalized spacial score (nSPS) is 11.7. The van der Waals surface area contributed by atoms with Crippen molar-refractivity contribution in [2.75, 3.05) is 0 Å². The SMILES string of the molecule is c1ccc(-c2nc(-c3cccc(-c4cccc5c4ccc4c6ccccc6oc54)c3)nc(-c3ccc4c(c3)c3ccccc3n4-c3ccccc3)n2)cc1. The smallest absolute Gasteiger partial charge is 0.164 e. The highest BCUT2D eigenvalue weighted by molar-refractivity contribution is 6.17. The van der Waals surface area contributed by atoms with E-state index < -0.39 is 0 Å². The van der Waals surface area contributed by atoms with Crippen molar-refractivity contribution >= 4 is 54.5 Å². The van der Waals surface area contributed by atoms with Crippen molar-refractivity contribution in [3.8, 4) is 51.0 Å². The second kappa shape index (κ2) is 12.1. The van der Waals surface area contributed by atoms with E-state index in [-0.39, 0.29) is 0 Å². The van der Waals surface area contributed by atoms with E-state index in [9.17, 15) is 0 Å². The molecule has 3 heterocycles. The molecule has 11 aromatic rings. The number of para-hydroxylation sites is 3. The lowest BCUT2D eigenvalue weighted by molar-refractivity contribution is 0.672. The van der Waals surface area contributed by atoms with Crippen LogP contribution < -0.4 is 0 Å². The van der Waals surface area contributed by atoms with Crippen molar-refractivity contribution in [2.24, 2.45) is 0 Å². The molecule has 0 aliphatic carbocycles. The standard InChI is InChI=1S/C49H30N4O/c1-3-13-31(14-4-1)47-50-48(52-49(51-47)34-25-28-44-42(30-34)38-19-7-9-23-43(38)53(44)35-17-5-2-6-18-35)33-16-11-15-32(29-33)36-21-12-22-40-37(36)26-27-41-39-20-8-10-24-45(39)54-46(40)41/h1-30H. The summed E-state index contributed by atoms with van der Waals surface area (Å²) in [7, 11) is 0. The second-order valence-electron chi connectivity index (χ2n) is 13.6. The summed E-state index contributed by atoms with van der Waals surface area (Å²) in [6.45, 7) is 0. The fourth-order valence-corrected chi connectivity index (χ4v) is 7.94. The van der Waals surface area contributed by atoms with Gasteiger partial charge in [0.05, 0.1) is 11.0 Å². The fraction of sp³-hybridized carbons (Fsp3) is 0. The monoisotopic (exact) mass is 690 g/mol. The second-order valence-corrected chi connectivity index (χ2v) is 13.6. The van der Waals surface area contributed by atoms with E-state index >= 15 is 0 Å². The van der Waals surface area contributed by atoms with Crippen LogP contribution in [0.3, 0.4) is 0 Å². The Hall–Kier alpha value is -7.37. The third kappa shape index (κ3) is 4.83. The van der Waals surface area contributed by atoms with Crippen molar-refractivity contribution in [3.63, 3.8) is 0 Å². The van der Waals surface area contributed by atoms with Gasteiger partial charge in [-0.1, -0.05) is 127 Å². The Kier molecular flexibility index (Phi) is 6.79. The van der Waals surface area contributed by atoms with Crippen LogP contribution in [-0.4, -0.2) is 19.5 Å². The summed E-state index contributed by atoms with van der Waals surface area (Å²) in [5.74, 6) is 1.87. The first-order valence-corrected chi connectivity index (χ1v) is 18.1.